The van der Waals surface area contributed by atoms with Crippen molar-refractivity contribution in [2.24, 2.45) is 0 Å². The minimum Gasteiger partial charge on any atom is -0.461 e. The molecule has 1 aliphatic carbocycles. The lowest BCUT2D eigenvalue weighted by Gasteiger charge is -1.96. The molecule has 2 heterocycles. The Hall–Kier alpha value is -1.70. The first-order valence-corrected chi connectivity index (χ1v) is 6.18. The first kappa shape index (κ1) is 9.34. The number of furan rings is 2. The van der Waals surface area contributed by atoms with Gasteiger partial charge in [0.1, 0.15) is 22.7 Å². The molecule has 0 fully saturated rings. The molecule has 0 amide bonds. The van der Waals surface area contributed by atoms with Gasteiger partial charge in [0.25, 0.3) is 0 Å². The van der Waals surface area contributed by atoms with Crippen LogP contribution in [0.5, 0.6) is 0 Å². The molecule has 0 aliphatic heterocycles. The summed E-state index contributed by atoms with van der Waals surface area (Å²) in [4.78, 5) is 0. The summed E-state index contributed by atoms with van der Waals surface area (Å²) < 4.78 is 11.7. The van der Waals surface area contributed by atoms with Crippen LogP contribution in [0.3, 0.4) is 0 Å². The Labute approximate surface area is 99.2 Å². The fourth-order valence-electron chi connectivity index (χ4n) is 3.18. The van der Waals surface area contributed by atoms with Gasteiger partial charge in [0.05, 0.1) is 0 Å². The maximum atomic E-state index is 5.85. The highest BCUT2D eigenvalue weighted by molar-refractivity contribution is 6.08. The maximum absolute atomic E-state index is 5.85. The number of aryl methyl sites for hydroxylation is 4. The van der Waals surface area contributed by atoms with Crippen LogP contribution in [-0.4, -0.2) is 0 Å². The minimum absolute atomic E-state index is 1.01. The molecule has 0 N–H and O–H groups in total. The van der Waals surface area contributed by atoms with Crippen LogP contribution in [0.2, 0.25) is 0 Å². The van der Waals surface area contributed by atoms with E-state index >= 15 is 0 Å². The van der Waals surface area contributed by atoms with Gasteiger partial charge in [-0.1, -0.05) is 0 Å². The fourth-order valence-corrected chi connectivity index (χ4v) is 3.18. The van der Waals surface area contributed by atoms with Crippen LogP contribution in [0.25, 0.3) is 21.9 Å². The molecule has 2 heteroatoms. The fraction of sp³-hybridized carbons (Fsp3) is 0.333. The minimum atomic E-state index is 1.01. The highest BCUT2D eigenvalue weighted by Gasteiger charge is 2.22. The van der Waals surface area contributed by atoms with Crippen molar-refractivity contribution in [3.05, 3.63) is 34.8 Å². The van der Waals surface area contributed by atoms with Gasteiger partial charge in [-0.3, -0.25) is 0 Å². The van der Waals surface area contributed by atoms with Crippen molar-refractivity contribution >= 4 is 21.9 Å². The quantitative estimate of drug-likeness (QED) is 0.571. The Morgan fingerprint density at radius 2 is 1.29 bits per heavy atom. The molecule has 86 valence electrons. The number of benzene rings is 1. The molecular weight excluding hydrogens is 212 g/mol. The average molecular weight is 226 g/mol. The summed E-state index contributed by atoms with van der Waals surface area (Å²) in [6.45, 7) is 4.14. The third-order valence-corrected chi connectivity index (χ3v) is 3.96. The molecule has 0 atom stereocenters. The molecule has 4 rings (SSSR count). The van der Waals surface area contributed by atoms with E-state index < -0.39 is 0 Å². The summed E-state index contributed by atoms with van der Waals surface area (Å²) >= 11 is 0. The summed E-state index contributed by atoms with van der Waals surface area (Å²) in [7, 11) is 0. The SMILES string of the molecule is Cc1oc2ccc3oc(C)c4c3c2c1CCC4. The largest absolute Gasteiger partial charge is 0.461 e. The van der Waals surface area contributed by atoms with Gasteiger partial charge in [-0.15, -0.1) is 0 Å². The number of hydrogen-bond acceptors (Lipinski definition) is 2. The molecule has 2 nitrogen and oxygen atoms in total. The third kappa shape index (κ3) is 1.05. The van der Waals surface area contributed by atoms with Crippen molar-refractivity contribution in [2.45, 2.75) is 33.1 Å². The van der Waals surface area contributed by atoms with E-state index in [1.165, 1.54) is 28.3 Å². The van der Waals surface area contributed by atoms with Gasteiger partial charge in [-0.05, 0) is 45.2 Å². The van der Waals surface area contributed by atoms with Crippen LogP contribution >= 0.6 is 0 Å². The molecule has 17 heavy (non-hydrogen) atoms. The molecule has 3 aromatic rings. The summed E-state index contributed by atoms with van der Waals surface area (Å²) in [5.41, 5.74) is 4.78. The monoisotopic (exact) mass is 226 g/mol. The van der Waals surface area contributed by atoms with Crippen LogP contribution in [0.1, 0.15) is 29.1 Å². The second kappa shape index (κ2) is 2.95. The van der Waals surface area contributed by atoms with Gasteiger partial charge in [-0.25, -0.2) is 0 Å². The molecule has 0 radical (unpaired) electrons. The standard InChI is InChI=1S/C15H14O2/c1-8-10-4-3-5-11-9(2)17-13-7-6-12(16-8)14(10)15(11)13/h6-7H,3-5H2,1-2H3. The van der Waals surface area contributed by atoms with E-state index in [-0.39, 0.29) is 0 Å². The van der Waals surface area contributed by atoms with Gasteiger partial charge >= 0.3 is 0 Å². The van der Waals surface area contributed by atoms with Gasteiger partial charge in [0.15, 0.2) is 0 Å². The zero-order valence-corrected chi connectivity index (χ0v) is 10.1. The van der Waals surface area contributed by atoms with Crippen molar-refractivity contribution in [1.29, 1.82) is 0 Å². The summed E-state index contributed by atoms with van der Waals surface area (Å²) in [5, 5.41) is 2.59. The summed E-state index contributed by atoms with van der Waals surface area (Å²) in [6.07, 6.45) is 3.41. The molecule has 0 unspecified atom stereocenters. The van der Waals surface area contributed by atoms with Crippen LogP contribution in [0, 0.1) is 13.8 Å². The number of hydrogen-bond donors (Lipinski definition) is 0. The predicted molar refractivity (Wildman–Crippen MR) is 67.5 cm³/mol. The lowest BCUT2D eigenvalue weighted by atomic mass is 10.0. The lowest BCUT2D eigenvalue weighted by molar-refractivity contribution is 0.569. The molecule has 0 saturated heterocycles. The molecule has 0 saturated carbocycles. The van der Waals surface area contributed by atoms with E-state index in [0.29, 0.717) is 0 Å². The second-order valence-electron chi connectivity index (χ2n) is 4.94. The lowest BCUT2D eigenvalue weighted by Crippen LogP contribution is -1.87. The number of rotatable bonds is 0. The van der Waals surface area contributed by atoms with E-state index in [1.807, 2.05) is 12.1 Å². The topological polar surface area (TPSA) is 26.3 Å². The molecule has 2 aromatic heterocycles. The normalized spacial score (nSPS) is 14.9. The van der Waals surface area contributed by atoms with Crippen LogP contribution in [0.15, 0.2) is 21.0 Å². The van der Waals surface area contributed by atoms with Crippen molar-refractivity contribution in [2.75, 3.05) is 0 Å². The van der Waals surface area contributed by atoms with Gasteiger partial charge < -0.3 is 8.83 Å². The highest BCUT2D eigenvalue weighted by Crippen LogP contribution is 2.40. The predicted octanol–water partition coefficient (Wildman–Crippen LogP) is 4.28. The zero-order chi connectivity index (χ0) is 11.6. The molecule has 0 spiro atoms. The first-order chi connectivity index (χ1) is 8.25. The Balaban J connectivity index is 2.35. The smallest absolute Gasteiger partial charge is 0.135 e. The van der Waals surface area contributed by atoms with E-state index in [9.17, 15) is 0 Å². The van der Waals surface area contributed by atoms with Crippen molar-refractivity contribution < 1.29 is 8.83 Å². The van der Waals surface area contributed by atoms with E-state index in [1.54, 1.807) is 0 Å². The second-order valence-corrected chi connectivity index (χ2v) is 4.94. The van der Waals surface area contributed by atoms with Gasteiger partial charge in [0, 0.05) is 21.9 Å². The molecule has 0 bridgehead atoms. The Kier molecular flexibility index (Phi) is 1.62. The van der Waals surface area contributed by atoms with E-state index in [4.69, 9.17) is 8.83 Å². The molecule has 1 aromatic carbocycles. The Morgan fingerprint density at radius 1 is 0.824 bits per heavy atom. The van der Waals surface area contributed by atoms with Crippen molar-refractivity contribution in [3.8, 4) is 0 Å². The summed E-state index contributed by atoms with van der Waals surface area (Å²) in [5.74, 6) is 2.14. The van der Waals surface area contributed by atoms with Gasteiger partial charge in [-0.2, -0.15) is 0 Å². The molecular formula is C15H14O2. The van der Waals surface area contributed by atoms with E-state index in [0.717, 1.165) is 35.5 Å². The van der Waals surface area contributed by atoms with E-state index in [2.05, 4.69) is 13.8 Å². The third-order valence-electron chi connectivity index (χ3n) is 3.96. The first-order valence-electron chi connectivity index (χ1n) is 6.18. The van der Waals surface area contributed by atoms with Crippen LogP contribution in [-0.2, 0) is 12.8 Å². The zero-order valence-electron chi connectivity index (χ0n) is 10.1. The van der Waals surface area contributed by atoms with Crippen LogP contribution in [0.4, 0.5) is 0 Å². The average Bonchev–Trinajstić information content (AvgIpc) is 2.69. The maximum Gasteiger partial charge on any atom is 0.135 e. The van der Waals surface area contributed by atoms with Crippen molar-refractivity contribution in [3.63, 3.8) is 0 Å². The van der Waals surface area contributed by atoms with Crippen LogP contribution < -0.4 is 0 Å². The van der Waals surface area contributed by atoms with Gasteiger partial charge in [0.2, 0.25) is 0 Å². The molecule has 1 aliphatic rings. The summed E-state index contributed by atoms with van der Waals surface area (Å²) in [6, 6.07) is 4.07. The van der Waals surface area contributed by atoms with Crippen molar-refractivity contribution in [1.82, 2.24) is 0 Å². The highest BCUT2D eigenvalue weighted by atomic mass is 16.3. The Morgan fingerprint density at radius 3 is 1.76 bits per heavy atom. The Bertz CT molecular complexity index is 680.